The van der Waals surface area contributed by atoms with Gasteiger partial charge in [-0.05, 0) is 168 Å². The van der Waals surface area contributed by atoms with Crippen molar-refractivity contribution < 1.29 is 0 Å². The van der Waals surface area contributed by atoms with E-state index in [1.165, 1.54) is 183 Å². The van der Waals surface area contributed by atoms with E-state index in [9.17, 15) is 0 Å². The molecule has 0 saturated heterocycles. The second-order valence-corrected chi connectivity index (χ2v) is 27.4. The molecule has 428 valence electrons. The summed E-state index contributed by atoms with van der Waals surface area (Å²) in [5.41, 5.74) is 45.4. The van der Waals surface area contributed by atoms with Crippen LogP contribution in [0.15, 0.2) is 309 Å². The minimum Gasteiger partial charge on any atom is -0.313 e. The first-order chi connectivity index (χ1) is 46.2. The summed E-state index contributed by atoms with van der Waals surface area (Å²) < 4.78 is 0. The zero-order valence-corrected chi connectivity index (χ0v) is 51.0. The van der Waals surface area contributed by atoms with Crippen LogP contribution >= 0.6 is 0 Å². The lowest BCUT2D eigenvalue weighted by Crippen LogP contribution is -2.65. The molecule has 93 heavy (non-hydrogen) atoms. The lowest BCUT2D eigenvalue weighted by Gasteiger charge is -2.45. The normalized spacial score (nSPS) is 18.9. The predicted molar refractivity (Wildman–Crippen MR) is 384 cm³/mol. The van der Waals surface area contributed by atoms with Crippen molar-refractivity contribution in [3.8, 4) is 33.4 Å². The topological polar surface area (TPSA) is 3.24 Å². The average Bonchev–Trinajstić information content (AvgIpc) is 0.717. The van der Waals surface area contributed by atoms with E-state index in [1.807, 2.05) is 0 Å². The minimum absolute atomic E-state index is 0.0877. The van der Waals surface area contributed by atoms with E-state index in [1.54, 1.807) is 0 Å². The molecule has 3 heteroatoms. The Kier molecular flexibility index (Phi) is 10.3. The molecule has 0 unspecified atom stereocenters. The van der Waals surface area contributed by atoms with Crippen LogP contribution in [0.4, 0.5) is 17.1 Å². The van der Waals surface area contributed by atoms with E-state index < -0.39 is 0 Å². The molecule has 14 aromatic rings. The Hall–Kier alpha value is -11.0. The lowest BCUT2D eigenvalue weighted by atomic mass is 9.30. The average molecular weight is 1170 g/mol. The van der Waals surface area contributed by atoms with Gasteiger partial charge in [0.15, 0.2) is 0 Å². The number of nitrogens with zero attached hydrogens (tertiary/aromatic N) is 1. The molecule has 0 saturated carbocycles. The third-order valence-electron chi connectivity index (χ3n) is 23.3. The largest absolute Gasteiger partial charge is 0.313 e. The highest BCUT2D eigenvalue weighted by Crippen LogP contribution is 2.61. The number of fused-ring (bicyclic) bond motifs is 4. The first kappa shape index (κ1) is 50.7. The fraction of sp³-hybridized carbons (Fsp3) is 0.0667. The fourth-order valence-corrected chi connectivity index (χ4v) is 20.0. The van der Waals surface area contributed by atoms with Crippen LogP contribution in [0.5, 0.6) is 0 Å². The second-order valence-electron chi connectivity index (χ2n) is 27.4. The van der Waals surface area contributed by atoms with Gasteiger partial charge in [-0.1, -0.05) is 308 Å². The highest BCUT2D eigenvalue weighted by atomic mass is 15.2. The molecule has 0 spiro atoms. The highest BCUT2D eigenvalue weighted by molar-refractivity contribution is 7.02. The van der Waals surface area contributed by atoms with Crippen molar-refractivity contribution in [1.82, 2.24) is 0 Å². The van der Waals surface area contributed by atoms with Crippen molar-refractivity contribution in [2.45, 2.75) is 35.5 Å². The molecule has 0 aromatic heterocycles. The van der Waals surface area contributed by atoms with Crippen LogP contribution in [0.3, 0.4) is 0 Å². The van der Waals surface area contributed by atoms with Crippen LogP contribution in [0.2, 0.25) is 0 Å². The molecule has 25 rings (SSSR count). The van der Waals surface area contributed by atoms with E-state index in [0.717, 1.165) is 0 Å². The van der Waals surface area contributed by atoms with Gasteiger partial charge in [0.1, 0.15) is 0 Å². The summed E-state index contributed by atoms with van der Waals surface area (Å²) in [6, 6.07) is 121. The summed E-state index contributed by atoms with van der Waals surface area (Å²) in [5.74, 6) is 0.921. The molecule has 9 aliphatic carbocycles. The Morgan fingerprint density at radius 3 is 0.774 bits per heavy atom. The van der Waals surface area contributed by atoms with Crippen molar-refractivity contribution in [2.24, 2.45) is 0 Å². The molecule has 6 bridgehead atoms. The summed E-state index contributed by atoms with van der Waals surface area (Å²) in [6.45, 7) is -0.175. The zero-order valence-electron chi connectivity index (χ0n) is 51.0. The maximum Gasteiger partial charge on any atom is 0.246 e. The second kappa shape index (κ2) is 18.8. The molecule has 0 amide bonds. The monoisotopic (exact) mass is 1170 g/mol. The number of benzene rings is 14. The Balaban J connectivity index is 0.812. The van der Waals surface area contributed by atoms with Crippen LogP contribution in [0.1, 0.15) is 136 Å². The first-order valence-electron chi connectivity index (χ1n) is 33.5. The van der Waals surface area contributed by atoms with Gasteiger partial charge >= 0.3 is 0 Å². The molecule has 2 heterocycles. The maximum absolute atomic E-state index is 2.71. The van der Waals surface area contributed by atoms with Gasteiger partial charge in [0.25, 0.3) is 0 Å². The number of hydrogen-bond acceptors (Lipinski definition) is 1. The van der Waals surface area contributed by atoms with Crippen LogP contribution in [-0.4, -0.2) is 13.4 Å². The zero-order chi connectivity index (χ0) is 60.3. The van der Waals surface area contributed by atoms with Crippen molar-refractivity contribution >= 4 is 63.3 Å². The summed E-state index contributed by atoms with van der Waals surface area (Å²) >= 11 is 0. The van der Waals surface area contributed by atoms with Gasteiger partial charge in [-0.15, -0.1) is 0 Å². The fourth-order valence-electron chi connectivity index (χ4n) is 20.0. The molecule has 0 radical (unpaired) electrons. The van der Waals surface area contributed by atoms with Crippen LogP contribution in [0.25, 0.3) is 33.4 Å². The summed E-state index contributed by atoms with van der Waals surface area (Å²) in [4.78, 5) is 2.71. The van der Waals surface area contributed by atoms with Gasteiger partial charge in [-0.3, -0.25) is 0 Å². The number of anilines is 3. The smallest absolute Gasteiger partial charge is 0.246 e. The molecular formula is C90H57B2N. The maximum atomic E-state index is 2.71. The van der Waals surface area contributed by atoms with E-state index >= 15 is 0 Å². The van der Waals surface area contributed by atoms with Gasteiger partial charge in [0.2, 0.25) is 13.4 Å². The van der Waals surface area contributed by atoms with E-state index in [-0.39, 0.29) is 48.9 Å². The third-order valence-corrected chi connectivity index (χ3v) is 23.3. The Morgan fingerprint density at radius 2 is 0.462 bits per heavy atom. The summed E-state index contributed by atoms with van der Waals surface area (Å²) in [7, 11) is 0. The Labute approximate surface area is 543 Å². The predicted octanol–water partition coefficient (Wildman–Crippen LogP) is 16.8. The van der Waals surface area contributed by atoms with Crippen LogP contribution < -0.4 is 37.7 Å². The number of hydrogen-bond donors (Lipinski definition) is 0. The Bertz CT molecular complexity index is 5200. The molecule has 2 aliphatic heterocycles. The quantitative estimate of drug-likeness (QED) is 0.155. The van der Waals surface area contributed by atoms with E-state index in [4.69, 9.17) is 0 Å². The third kappa shape index (κ3) is 6.69. The van der Waals surface area contributed by atoms with Crippen LogP contribution in [-0.2, 0) is 0 Å². The van der Waals surface area contributed by atoms with Gasteiger partial charge in [-0.25, -0.2) is 0 Å². The molecule has 14 aromatic carbocycles. The lowest BCUT2D eigenvalue weighted by molar-refractivity contribution is 0.756. The summed E-state index contributed by atoms with van der Waals surface area (Å²) in [6.07, 6.45) is 0. The molecule has 0 N–H and O–H groups in total. The molecule has 11 aliphatic rings. The van der Waals surface area contributed by atoms with Crippen molar-refractivity contribution in [3.05, 3.63) is 410 Å². The van der Waals surface area contributed by atoms with Crippen LogP contribution in [0, 0.1) is 0 Å². The summed E-state index contributed by atoms with van der Waals surface area (Å²) in [5, 5.41) is 0. The molecule has 0 atom stereocenters. The van der Waals surface area contributed by atoms with Crippen molar-refractivity contribution in [3.63, 3.8) is 0 Å². The molecule has 0 fully saturated rings. The Morgan fingerprint density at radius 1 is 0.204 bits per heavy atom. The highest BCUT2D eigenvalue weighted by Gasteiger charge is 2.49. The standard InChI is InChI=1S/C90H57B2N/c1-3-22-55(23-4-1)91-75-48-52(57-38-19-41-72-81-60-26-7-13-32-66(60)87(84(57)72)67-33-14-8-27-61(67)81)44-46-79(75)93-80-47-45-53(58-39-20-42-73-82-62-28-9-15-34-68(62)88(85(58)73)69-35-16-10-29-63(69)82)49-76(80)92(56-24-5-2-6-25-56)78-51-54(50-77(91)90(78)93)59-40-21-43-74-83-64-30-11-17-36-70(64)89(86(59)74)71-37-18-12-31-65(71)83/h1-51,81-83,87-89H. The van der Waals surface area contributed by atoms with Gasteiger partial charge < -0.3 is 4.90 Å². The van der Waals surface area contributed by atoms with E-state index in [2.05, 4.69) is 314 Å². The van der Waals surface area contributed by atoms with Gasteiger partial charge in [0, 0.05) is 52.6 Å². The van der Waals surface area contributed by atoms with Gasteiger partial charge in [0.05, 0.1) is 0 Å². The molecular weight excluding hydrogens is 1120 g/mol. The minimum atomic E-state index is -0.0877. The SMILES string of the molecule is c1ccc(B2c3cc(-c4cccc5c4C4c6ccccc6C5c5ccccc54)ccc3N3c4ccc(-c5cccc6c5C5c7ccccc7C6c6ccccc65)cc4B(c4ccccc4)c4cc(-c5cccc6c5C5c7ccccc7C6c6ccccc65)cc2c43)cc1. The van der Waals surface area contributed by atoms with Gasteiger partial charge in [-0.2, -0.15) is 0 Å². The van der Waals surface area contributed by atoms with Crippen molar-refractivity contribution in [1.29, 1.82) is 0 Å². The first-order valence-corrected chi connectivity index (χ1v) is 33.5. The van der Waals surface area contributed by atoms with E-state index in [0.29, 0.717) is 0 Å². The number of rotatable bonds is 5. The van der Waals surface area contributed by atoms with Crippen molar-refractivity contribution in [2.75, 3.05) is 4.90 Å². The molecule has 1 nitrogen and oxygen atoms in total.